The maximum absolute atomic E-state index is 5.06. The lowest BCUT2D eigenvalue weighted by Crippen LogP contribution is -2.06. The summed E-state index contributed by atoms with van der Waals surface area (Å²) in [6.45, 7) is 0. The zero-order valence-corrected chi connectivity index (χ0v) is 21.4. The molecule has 0 saturated carbocycles. The summed E-state index contributed by atoms with van der Waals surface area (Å²) in [4.78, 5) is 15.0. The van der Waals surface area contributed by atoms with Crippen LogP contribution in [0.2, 0.25) is 0 Å². The first-order chi connectivity index (χ1) is 19.8. The Hall–Kier alpha value is -5.62. The molecule has 0 aliphatic carbocycles. The molecule has 3 heterocycles. The Morgan fingerprint density at radius 2 is 1.05 bits per heavy atom. The average Bonchev–Trinajstić information content (AvgIpc) is 3.62. The number of hydrogen-bond donors (Lipinski definition) is 0. The van der Waals surface area contributed by atoms with E-state index in [0.717, 1.165) is 49.5 Å². The standard InChI is InChI=1S/C34H22N6/c1-4-12-23(13-5-1)32-36-33(24-14-6-2-7-15-24)38-34(37-32)39-29-19-11-10-18-26(29)27-20-21-30-28(31(27)39)22-35-40(30)25-16-8-3-9-17-25/h1-22H. The van der Waals surface area contributed by atoms with Crippen molar-refractivity contribution in [1.82, 2.24) is 29.3 Å². The van der Waals surface area contributed by atoms with Crippen LogP contribution in [0, 0.1) is 0 Å². The zero-order valence-electron chi connectivity index (χ0n) is 21.4. The van der Waals surface area contributed by atoms with E-state index in [9.17, 15) is 0 Å². The summed E-state index contributed by atoms with van der Waals surface area (Å²) in [6, 6.07) is 43.0. The molecule has 0 aliphatic heterocycles. The van der Waals surface area contributed by atoms with Gasteiger partial charge in [0.2, 0.25) is 5.95 Å². The molecular formula is C34H22N6. The Labute approximate surface area is 229 Å². The van der Waals surface area contributed by atoms with Crippen molar-refractivity contribution in [2.24, 2.45) is 0 Å². The van der Waals surface area contributed by atoms with Gasteiger partial charge in [-0.1, -0.05) is 97.1 Å². The highest BCUT2D eigenvalue weighted by atomic mass is 15.3. The second-order valence-corrected chi connectivity index (χ2v) is 9.65. The number of nitrogens with zero attached hydrogens (tertiary/aromatic N) is 6. The smallest absolute Gasteiger partial charge is 0.238 e. The Morgan fingerprint density at radius 3 is 1.73 bits per heavy atom. The number of aromatic nitrogens is 6. The molecule has 0 bridgehead atoms. The fraction of sp³-hybridized carbons (Fsp3) is 0. The quantitative estimate of drug-likeness (QED) is 0.242. The molecule has 0 aliphatic rings. The summed E-state index contributed by atoms with van der Waals surface area (Å²) in [5, 5.41) is 8.09. The van der Waals surface area contributed by atoms with E-state index in [0.29, 0.717) is 17.6 Å². The highest BCUT2D eigenvalue weighted by Crippen LogP contribution is 2.37. The molecule has 3 aromatic heterocycles. The summed E-state index contributed by atoms with van der Waals surface area (Å²) in [5.41, 5.74) is 5.95. The molecule has 0 spiro atoms. The number of benzene rings is 5. The second kappa shape index (κ2) is 8.99. The summed E-state index contributed by atoms with van der Waals surface area (Å²) in [5.74, 6) is 1.82. The highest BCUT2D eigenvalue weighted by molar-refractivity contribution is 6.18. The summed E-state index contributed by atoms with van der Waals surface area (Å²) in [6.07, 6.45) is 1.94. The van der Waals surface area contributed by atoms with Crippen LogP contribution in [-0.2, 0) is 0 Å². The largest absolute Gasteiger partial charge is 0.277 e. The SMILES string of the molecule is c1ccc(-c2nc(-c3ccccc3)nc(-n3c4ccccc4c4ccc5c(cnn5-c5ccccc5)c43)n2)cc1. The van der Waals surface area contributed by atoms with Gasteiger partial charge in [0.15, 0.2) is 11.6 Å². The molecule has 188 valence electrons. The molecule has 8 aromatic rings. The Balaban J connectivity index is 1.48. The molecule has 0 saturated heterocycles. The van der Waals surface area contributed by atoms with Gasteiger partial charge >= 0.3 is 0 Å². The van der Waals surface area contributed by atoms with E-state index in [1.165, 1.54) is 0 Å². The molecule has 6 heteroatoms. The molecule has 0 radical (unpaired) electrons. The van der Waals surface area contributed by atoms with Crippen molar-refractivity contribution >= 4 is 32.7 Å². The molecular weight excluding hydrogens is 492 g/mol. The lowest BCUT2D eigenvalue weighted by atomic mass is 10.1. The third kappa shape index (κ3) is 3.50. The normalized spacial score (nSPS) is 11.5. The third-order valence-corrected chi connectivity index (χ3v) is 7.27. The van der Waals surface area contributed by atoms with Crippen molar-refractivity contribution in [3.8, 4) is 34.4 Å². The van der Waals surface area contributed by atoms with Gasteiger partial charge in [-0.2, -0.15) is 15.1 Å². The van der Waals surface area contributed by atoms with Crippen LogP contribution >= 0.6 is 0 Å². The van der Waals surface area contributed by atoms with Gasteiger partial charge in [0.1, 0.15) is 0 Å². The molecule has 0 amide bonds. The van der Waals surface area contributed by atoms with Gasteiger partial charge in [-0.15, -0.1) is 0 Å². The minimum absolute atomic E-state index is 0.568. The van der Waals surface area contributed by atoms with Gasteiger partial charge in [-0.25, -0.2) is 9.67 Å². The fourth-order valence-corrected chi connectivity index (χ4v) is 5.44. The third-order valence-electron chi connectivity index (χ3n) is 7.27. The highest BCUT2D eigenvalue weighted by Gasteiger charge is 2.20. The van der Waals surface area contributed by atoms with Gasteiger partial charge in [0, 0.05) is 27.3 Å². The molecule has 0 atom stereocenters. The second-order valence-electron chi connectivity index (χ2n) is 9.65. The fourth-order valence-electron chi connectivity index (χ4n) is 5.44. The molecule has 6 nitrogen and oxygen atoms in total. The van der Waals surface area contributed by atoms with Crippen molar-refractivity contribution in [2.75, 3.05) is 0 Å². The Kier molecular flexibility index (Phi) is 5.03. The van der Waals surface area contributed by atoms with Crippen LogP contribution in [0.4, 0.5) is 0 Å². The lowest BCUT2D eigenvalue weighted by Gasteiger charge is -2.11. The van der Waals surface area contributed by atoms with Crippen LogP contribution < -0.4 is 0 Å². The van der Waals surface area contributed by atoms with Crippen LogP contribution in [0.3, 0.4) is 0 Å². The first-order valence-corrected chi connectivity index (χ1v) is 13.2. The molecule has 8 rings (SSSR count). The number of hydrogen-bond acceptors (Lipinski definition) is 4. The first kappa shape index (κ1) is 22.4. The van der Waals surface area contributed by atoms with Gasteiger partial charge in [0.05, 0.1) is 28.4 Å². The molecule has 5 aromatic carbocycles. The zero-order chi connectivity index (χ0) is 26.5. The molecule has 0 fully saturated rings. The first-order valence-electron chi connectivity index (χ1n) is 13.2. The number of para-hydroxylation sites is 2. The topological polar surface area (TPSA) is 61.4 Å². The van der Waals surface area contributed by atoms with Gasteiger partial charge in [-0.05, 0) is 30.3 Å². The Bertz CT molecular complexity index is 2090. The van der Waals surface area contributed by atoms with E-state index in [2.05, 4.69) is 53.1 Å². The van der Waals surface area contributed by atoms with Crippen LogP contribution in [0.15, 0.2) is 134 Å². The van der Waals surface area contributed by atoms with Crippen molar-refractivity contribution in [3.05, 3.63) is 134 Å². The van der Waals surface area contributed by atoms with Crippen LogP contribution in [0.1, 0.15) is 0 Å². The van der Waals surface area contributed by atoms with Gasteiger partial charge in [-0.3, -0.25) is 4.57 Å². The summed E-state index contributed by atoms with van der Waals surface area (Å²) >= 11 is 0. The molecule has 0 unspecified atom stereocenters. The minimum atomic E-state index is 0.568. The van der Waals surface area contributed by atoms with Gasteiger partial charge in [0.25, 0.3) is 0 Å². The minimum Gasteiger partial charge on any atom is -0.277 e. The maximum atomic E-state index is 5.06. The van der Waals surface area contributed by atoms with Crippen molar-refractivity contribution < 1.29 is 0 Å². The van der Waals surface area contributed by atoms with Crippen molar-refractivity contribution in [1.29, 1.82) is 0 Å². The van der Waals surface area contributed by atoms with E-state index in [4.69, 9.17) is 20.1 Å². The molecule has 40 heavy (non-hydrogen) atoms. The number of rotatable bonds is 4. The lowest BCUT2D eigenvalue weighted by molar-refractivity contribution is 0.911. The molecule has 0 N–H and O–H groups in total. The van der Waals surface area contributed by atoms with Crippen LogP contribution in [0.5, 0.6) is 0 Å². The van der Waals surface area contributed by atoms with E-state index in [1.807, 2.05) is 89.7 Å². The van der Waals surface area contributed by atoms with E-state index in [1.54, 1.807) is 0 Å². The Morgan fingerprint density at radius 1 is 0.450 bits per heavy atom. The van der Waals surface area contributed by atoms with Crippen molar-refractivity contribution in [2.45, 2.75) is 0 Å². The monoisotopic (exact) mass is 514 g/mol. The summed E-state index contributed by atoms with van der Waals surface area (Å²) in [7, 11) is 0. The van der Waals surface area contributed by atoms with Crippen molar-refractivity contribution in [3.63, 3.8) is 0 Å². The van der Waals surface area contributed by atoms with Crippen LogP contribution in [0.25, 0.3) is 67.1 Å². The van der Waals surface area contributed by atoms with E-state index in [-0.39, 0.29) is 0 Å². The summed E-state index contributed by atoms with van der Waals surface area (Å²) < 4.78 is 4.14. The maximum Gasteiger partial charge on any atom is 0.238 e. The van der Waals surface area contributed by atoms with E-state index >= 15 is 0 Å². The predicted octanol–water partition coefficient (Wildman–Crippen LogP) is 7.64. The van der Waals surface area contributed by atoms with Crippen LogP contribution in [-0.4, -0.2) is 29.3 Å². The van der Waals surface area contributed by atoms with E-state index < -0.39 is 0 Å². The van der Waals surface area contributed by atoms with Gasteiger partial charge < -0.3 is 0 Å². The predicted molar refractivity (Wildman–Crippen MR) is 160 cm³/mol. The number of fused-ring (bicyclic) bond motifs is 5. The average molecular weight is 515 g/mol.